The Morgan fingerprint density at radius 3 is 2.35 bits per heavy atom. The van der Waals surface area contributed by atoms with Crippen molar-refractivity contribution in [3.8, 4) is 0 Å². The van der Waals surface area contributed by atoms with Crippen LogP contribution in [0.5, 0.6) is 0 Å². The molecule has 7 heteroatoms. The number of rotatable bonds is 9. The lowest BCUT2D eigenvalue weighted by molar-refractivity contribution is -0.151. The van der Waals surface area contributed by atoms with Crippen LogP contribution >= 0.6 is 15.9 Å². The van der Waals surface area contributed by atoms with Gasteiger partial charge in [-0.05, 0) is 44.2 Å². The van der Waals surface area contributed by atoms with Gasteiger partial charge in [-0.1, -0.05) is 54.9 Å². The second-order valence-corrected chi connectivity index (χ2v) is 19.3. The van der Waals surface area contributed by atoms with E-state index in [1.54, 1.807) is 0 Å². The minimum Gasteiger partial charge on any atom is -0.413 e. The zero-order chi connectivity index (χ0) is 20.0. The van der Waals surface area contributed by atoms with Crippen molar-refractivity contribution in [3.05, 3.63) is 24.3 Å². The Balaban J connectivity index is 2.75. The van der Waals surface area contributed by atoms with E-state index in [4.69, 9.17) is 18.3 Å². The zero-order valence-electron chi connectivity index (χ0n) is 17.7. The second-order valence-electron chi connectivity index (χ2n) is 8.78. The van der Waals surface area contributed by atoms with Crippen molar-refractivity contribution in [2.75, 3.05) is 18.2 Å². The molecule has 1 heterocycles. The summed E-state index contributed by atoms with van der Waals surface area (Å²) in [5.74, 6) is 0. The number of hydrogen-bond donors (Lipinski definition) is 0. The molecule has 0 radical (unpaired) electrons. The van der Waals surface area contributed by atoms with Gasteiger partial charge in [0.25, 0.3) is 0 Å². The first-order valence-corrected chi connectivity index (χ1v) is 16.6. The van der Waals surface area contributed by atoms with Crippen LogP contribution in [0, 0.1) is 0 Å². The molecule has 0 N–H and O–H groups in total. The van der Waals surface area contributed by atoms with Crippen LogP contribution in [0.3, 0.4) is 0 Å². The Hall–Kier alpha value is 0.234. The summed E-state index contributed by atoms with van der Waals surface area (Å²) in [5.41, 5.74) is 0. The summed E-state index contributed by atoms with van der Waals surface area (Å²) < 4.78 is 24.3. The van der Waals surface area contributed by atoms with Crippen molar-refractivity contribution in [1.29, 1.82) is 0 Å². The van der Waals surface area contributed by atoms with Crippen LogP contribution in [0.15, 0.2) is 24.3 Å². The number of alkyl halides is 1. The van der Waals surface area contributed by atoms with Crippen LogP contribution in [0.2, 0.25) is 31.2 Å². The highest BCUT2D eigenvalue weighted by molar-refractivity contribution is 9.09. The molecule has 0 saturated heterocycles. The van der Waals surface area contributed by atoms with Crippen LogP contribution in [-0.4, -0.2) is 53.3 Å². The predicted octanol–water partition coefficient (Wildman–Crippen LogP) is 5.41. The van der Waals surface area contributed by atoms with Gasteiger partial charge >= 0.3 is 0 Å². The largest absolute Gasteiger partial charge is 0.413 e. The van der Waals surface area contributed by atoms with Crippen molar-refractivity contribution < 1.29 is 18.3 Å². The van der Waals surface area contributed by atoms with E-state index in [2.05, 4.69) is 81.1 Å². The maximum absolute atomic E-state index is 6.36. The summed E-state index contributed by atoms with van der Waals surface area (Å²) in [5, 5.41) is 0.210. The average molecular weight is 466 g/mol. The fraction of sp³-hybridized carbons (Fsp3) is 0.789. The molecular weight excluding hydrogens is 428 g/mol. The van der Waals surface area contributed by atoms with Crippen LogP contribution in [0.4, 0.5) is 0 Å². The smallest absolute Gasteiger partial charge is 0.198 e. The minimum atomic E-state index is -1.76. The van der Waals surface area contributed by atoms with E-state index in [1.165, 1.54) is 0 Å². The fourth-order valence-electron chi connectivity index (χ4n) is 2.17. The van der Waals surface area contributed by atoms with Crippen molar-refractivity contribution in [2.24, 2.45) is 0 Å². The van der Waals surface area contributed by atoms with Crippen molar-refractivity contribution in [2.45, 2.75) is 77.4 Å². The molecule has 0 unspecified atom stereocenters. The van der Waals surface area contributed by atoms with Crippen molar-refractivity contribution in [3.63, 3.8) is 0 Å². The van der Waals surface area contributed by atoms with Crippen molar-refractivity contribution in [1.82, 2.24) is 0 Å². The molecule has 0 aromatic carbocycles. The van der Waals surface area contributed by atoms with Gasteiger partial charge in [0.2, 0.25) is 0 Å². The van der Waals surface area contributed by atoms with Gasteiger partial charge in [-0.25, -0.2) is 0 Å². The Kier molecular flexibility index (Phi) is 9.46. The number of halogens is 1. The molecule has 26 heavy (non-hydrogen) atoms. The Labute approximate surface area is 170 Å². The van der Waals surface area contributed by atoms with Crippen LogP contribution in [-0.2, 0) is 18.3 Å². The van der Waals surface area contributed by atoms with E-state index in [0.717, 1.165) is 4.95 Å². The molecule has 0 saturated carbocycles. The summed E-state index contributed by atoms with van der Waals surface area (Å²) in [6.07, 6.45) is 7.58. The molecule has 0 bridgehead atoms. The second kappa shape index (κ2) is 10.1. The average Bonchev–Trinajstić information content (AvgIpc) is 2.52. The topological polar surface area (TPSA) is 36.9 Å². The number of hydrogen-bond acceptors (Lipinski definition) is 4. The van der Waals surface area contributed by atoms with Gasteiger partial charge in [-0.2, -0.15) is 0 Å². The maximum atomic E-state index is 6.36. The minimum absolute atomic E-state index is 0.0879. The first-order valence-electron chi connectivity index (χ1n) is 9.41. The van der Waals surface area contributed by atoms with E-state index in [1.807, 2.05) is 13.0 Å². The van der Waals surface area contributed by atoms with E-state index in [0.29, 0.717) is 13.2 Å². The van der Waals surface area contributed by atoms with Gasteiger partial charge in [0.1, 0.15) is 6.10 Å². The maximum Gasteiger partial charge on any atom is 0.198 e. The highest BCUT2D eigenvalue weighted by atomic mass is 79.9. The van der Waals surface area contributed by atoms with E-state index in [9.17, 15) is 0 Å². The summed E-state index contributed by atoms with van der Waals surface area (Å²) in [6, 6.07) is 0. The third-order valence-corrected chi connectivity index (χ3v) is 15.0. The number of ether oxygens (including phenoxy) is 2. The Bertz CT molecular complexity index is 486. The quantitative estimate of drug-likeness (QED) is 0.259. The van der Waals surface area contributed by atoms with Gasteiger partial charge < -0.3 is 18.3 Å². The molecule has 0 aromatic heterocycles. The summed E-state index contributed by atoms with van der Waals surface area (Å²) in [6.45, 7) is 18.9. The van der Waals surface area contributed by atoms with Crippen LogP contribution < -0.4 is 0 Å². The summed E-state index contributed by atoms with van der Waals surface area (Å²) >= 11 is 3.57. The highest BCUT2D eigenvalue weighted by Crippen LogP contribution is 2.36. The first-order chi connectivity index (χ1) is 11.9. The molecular formula is C19H37BrO4Si2. The van der Waals surface area contributed by atoms with Gasteiger partial charge in [-0.3, -0.25) is 0 Å². The Morgan fingerprint density at radius 1 is 1.15 bits per heavy atom. The van der Waals surface area contributed by atoms with Crippen molar-refractivity contribution >= 4 is 32.6 Å². The molecule has 152 valence electrons. The van der Waals surface area contributed by atoms with Gasteiger partial charge in [0, 0.05) is 11.6 Å². The molecule has 0 fully saturated rings. The monoisotopic (exact) mass is 464 g/mol. The first kappa shape index (κ1) is 24.3. The Morgan fingerprint density at radius 2 is 1.81 bits per heavy atom. The molecule has 0 aromatic rings. The normalized spacial score (nSPS) is 25.2. The summed E-state index contributed by atoms with van der Waals surface area (Å²) in [7, 11) is -3.50. The molecule has 0 amide bonds. The molecule has 1 rings (SSSR count). The molecule has 0 aliphatic carbocycles. The SMILES string of the molecule is CCO[C@@H]1C=C[C@H](O[Si](C)(C)CBr)[C@@H](/C=C/CO[Si](C)(C)C(C)(C)C)O1. The molecule has 1 aliphatic rings. The van der Waals surface area contributed by atoms with E-state index in [-0.39, 0.29) is 23.5 Å². The zero-order valence-corrected chi connectivity index (χ0v) is 21.3. The molecule has 4 nitrogen and oxygen atoms in total. The predicted molar refractivity (Wildman–Crippen MR) is 118 cm³/mol. The van der Waals surface area contributed by atoms with E-state index >= 15 is 0 Å². The van der Waals surface area contributed by atoms with Gasteiger partial charge in [-0.15, -0.1) is 0 Å². The van der Waals surface area contributed by atoms with Gasteiger partial charge in [0.15, 0.2) is 22.9 Å². The summed E-state index contributed by atoms with van der Waals surface area (Å²) in [4.78, 5) is 0.893. The standard InChI is InChI=1S/C19H37BrO4Si2/c1-9-21-18-13-12-17(24-25(5,6)15-20)16(23-18)11-10-14-22-26(7,8)19(2,3)4/h10-13,16-18H,9,14-15H2,1-8H3/b11-10+/t16-,17+,18+/m1/s1. The lowest BCUT2D eigenvalue weighted by Gasteiger charge is -2.36. The van der Waals surface area contributed by atoms with E-state index < -0.39 is 16.6 Å². The molecule has 1 aliphatic heterocycles. The van der Waals surface area contributed by atoms with Gasteiger partial charge in [0.05, 0.1) is 12.7 Å². The van der Waals surface area contributed by atoms with Crippen LogP contribution in [0.1, 0.15) is 27.7 Å². The third kappa shape index (κ3) is 7.69. The lowest BCUT2D eigenvalue weighted by atomic mass is 10.1. The third-order valence-electron chi connectivity index (χ3n) is 4.85. The lowest BCUT2D eigenvalue weighted by Crippen LogP contribution is -2.45. The fourth-order valence-corrected chi connectivity index (χ4v) is 4.53. The molecule has 0 spiro atoms. The van der Waals surface area contributed by atoms with Crippen LogP contribution in [0.25, 0.3) is 0 Å². The highest BCUT2D eigenvalue weighted by Gasteiger charge is 2.37. The molecule has 3 atom stereocenters.